The molecule has 3 nitrogen and oxygen atoms in total. The third-order valence-electron chi connectivity index (χ3n) is 2.76. The Morgan fingerprint density at radius 1 is 1.10 bits per heavy atom. The number of ether oxygens (including phenoxy) is 2. The molecule has 0 bridgehead atoms. The number of benzene rings is 1. The van der Waals surface area contributed by atoms with Crippen LogP contribution in [0.15, 0.2) is 21.1 Å². The Morgan fingerprint density at radius 2 is 1.71 bits per heavy atom. The smallest absolute Gasteiger partial charge is 0.147 e. The van der Waals surface area contributed by atoms with Gasteiger partial charge in [-0.25, -0.2) is 0 Å². The van der Waals surface area contributed by atoms with Gasteiger partial charge >= 0.3 is 0 Å². The summed E-state index contributed by atoms with van der Waals surface area (Å²) >= 11 is 7.17. The van der Waals surface area contributed by atoms with Gasteiger partial charge in [-0.1, -0.05) is 0 Å². The zero-order valence-electron chi connectivity index (χ0n) is 13.3. The van der Waals surface area contributed by atoms with Crippen molar-refractivity contribution in [1.82, 2.24) is 5.32 Å². The summed E-state index contributed by atoms with van der Waals surface area (Å²) < 4.78 is 13.1. The molecule has 120 valence electrons. The van der Waals surface area contributed by atoms with Gasteiger partial charge in [0.05, 0.1) is 15.6 Å². The van der Waals surface area contributed by atoms with Crippen molar-refractivity contribution in [2.45, 2.75) is 46.2 Å². The van der Waals surface area contributed by atoms with Gasteiger partial charge in [0.1, 0.15) is 5.75 Å². The summed E-state index contributed by atoms with van der Waals surface area (Å²) in [7, 11) is 0. The molecule has 0 saturated heterocycles. The lowest BCUT2D eigenvalue weighted by Crippen LogP contribution is -2.35. The van der Waals surface area contributed by atoms with Crippen molar-refractivity contribution in [1.29, 1.82) is 0 Å². The number of rotatable bonds is 8. The zero-order valence-corrected chi connectivity index (χ0v) is 16.4. The van der Waals surface area contributed by atoms with Gasteiger partial charge in [0, 0.05) is 31.7 Å². The maximum atomic E-state index is 5.82. The van der Waals surface area contributed by atoms with E-state index in [9.17, 15) is 0 Å². The van der Waals surface area contributed by atoms with Crippen LogP contribution in [0.1, 0.15) is 39.7 Å². The van der Waals surface area contributed by atoms with Crippen LogP contribution in [-0.2, 0) is 11.3 Å². The van der Waals surface area contributed by atoms with Gasteiger partial charge in [-0.3, -0.25) is 0 Å². The molecule has 0 aromatic heterocycles. The van der Waals surface area contributed by atoms with E-state index in [0.717, 1.165) is 40.9 Å². The third-order valence-corrected chi connectivity index (χ3v) is 3.94. The molecule has 0 atom stereocenters. The molecule has 0 fully saturated rings. The van der Waals surface area contributed by atoms with Crippen molar-refractivity contribution < 1.29 is 9.47 Å². The summed E-state index contributed by atoms with van der Waals surface area (Å²) in [5.41, 5.74) is 1.32. The number of hydrogen-bond acceptors (Lipinski definition) is 3. The van der Waals surface area contributed by atoms with Crippen LogP contribution in [0.2, 0.25) is 0 Å². The molecular formula is C16H25Br2NO2. The molecule has 0 radical (unpaired) electrons. The summed E-state index contributed by atoms with van der Waals surface area (Å²) in [4.78, 5) is 0. The second-order valence-electron chi connectivity index (χ2n) is 5.89. The van der Waals surface area contributed by atoms with Gasteiger partial charge in [0.2, 0.25) is 0 Å². The largest absolute Gasteiger partial charge is 0.491 e. The lowest BCUT2D eigenvalue weighted by molar-refractivity contribution is 0.130. The summed E-state index contributed by atoms with van der Waals surface area (Å²) in [6.07, 6.45) is 0.889. The summed E-state index contributed by atoms with van der Waals surface area (Å²) in [5, 5.41) is 3.48. The van der Waals surface area contributed by atoms with Gasteiger partial charge in [-0.05, 0) is 77.3 Å². The predicted octanol–water partition coefficient (Wildman–Crippen LogP) is 4.91. The lowest BCUT2D eigenvalue weighted by Gasteiger charge is -2.21. The lowest BCUT2D eigenvalue weighted by atomic mass is 10.1. The van der Waals surface area contributed by atoms with Crippen LogP contribution in [-0.4, -0.2) is 25.4 Å². The van der Waals surface area contributed by atoms with E-state index in [1.165, 1.54) is 5.56 Å². The fraction of sp³-hybridized carbons (Fsp3) is 0.625. The Hall–Kier alpha value is -0.100. The van der Waals surface area contributed by atoms with Gasteiger partial charge < -0.3 is 14.8 Å². The highest BCUT2D eigenvalue weighted by atomic mass is 79.9. The van der Waals surface area contributed by atoms with Crippen molar-refractivity contribution in [2.75, 3.05) is 19.8 Å². The standard InChI is InChI=1S/C16H25Br2NO2/c1-5-20-7-6-8-21-15-13(17)9-12(10-14(15)18)11-19-16(2,3)4/h9-10,19H,5-8,11H2,1-4H3. The van der Waals surface area contributed by atoms with Gasteiger partial charge in [0.25, 0.3) is 0 Å². The average Bonchev–Trinajstić information content (AvgIpc) is 2.38. The molecule has 0 saturated carbocycles. The Balaban J connectivity index is 2.58. The summed E-state index contributed by atoms with van der Waals surface area (Å²) in [6.45, 7) is 11.4. The second kappa shape index (κ2) is 9.13. The number of halogens is 2. The molecule has 1 rings (SSSR count). The average molecular weight is 423 g/mol. The first kappa shape index (κ1) is 18.9. The summed E-state index contributed by atoms with van der Waals surface area (Å²) in [5.74, 6) is 0.853. The third kappa shape index (κ3) is 7.63. The van der Waals surface area contributed by atoms with E-state index in [1.807, 2.05) is 6.92 Å². The molecule has 21 heavy (non-hydrogen) atoms. The van der Waals surface area contributed by atoms with E-state index < -0.39 is 0 Å². The van der Waals surface area contributed by atoms with Crippen molar-refractivity contribution in [2.24, 2.45) is 0 Å². The highest BCUT2D eigenvalue weighted by Crippen LogP contribution is 2.35. The van der Waals surface area contributed by atoms with Crippen LogP contribution >= 0.6 is 31.9 Å². The Labute approximate surface area is 145 Å². The number of nitrogens with one attached hydrogen (secondary N) is 1. The second-order valence-corrected chi connectivity index (χ2v) is 7.60. The van der Waals surface area contributed by atoms with Crippen molar-refractivity contribution >= 4 is 31.9 Å². The minimum Gasteiger partial charge on any atom is -0.491 e. The first-order valence-corrected chi connectivity index (χ1v) is 8.85. The maximum absolute atomic E-state index is 5.82. The quantitative estimate of drug-likeness (QED) is 0.604. The van der Waals surface area contributed by atoms with Crippen LogP contribution in [0.5, 0.6) is 5.75 Å². The van der Waals surface area contributed by atoms with Crippen LogP contribution in [0.4, 0.5) is 0 Å². The fourth-order valence-electron chi connectivity index (χ4n) is 1.70. The molecule has 5 heteroatoms. The molecule has 1 aromatic rings. The Bertz CT molecular complexity index is 421. The van der Waals surface area contributed by atoms with E-state index in [2.05, 4.69) is 70.1 Å². The van der Waals surface area contributed by atoms with Crippen LogP contribution in [0.3, 0.4) is 0 Å². The highest BCUT2D eigenvalue weighted by Gasteiger charge is 2.12. The van der Waals surface area contributed by atoms with Crippen molar-refractivity contribution in [3.8, 4) is 5.75 Å². The van der Waals surface area contributed by atoms with E-state index >= 15 is 0 Å². The van der Waals surface area contributed by atoms with E-state index in [4.69, 9.17) is 9.47 Å². The van der Waals surface area contributed by atoms with Crippen molar-refractivity contribution in [3.05, 3.63) is 26.6 Å². The monoisotopic (exact) mass is 421 g/mol. The maximum Gasteiger partial charge on any atom is 0.147 e. The fourth-order valence-corrected chi connectivity index (χ4v) is 3.21. The van der Waals surface area contributed by atoms with Gasteiger partial charge in [0.15, 0.2) is 0 Å². The Morgan fingerprint density at radius 3 is 2.24 bits per heavy atom. The molecule has 0 heterocycles. The Kier molecular flexibility index (Phi) is 8.24. The molecule has 0 aliphatic heterocycles. The highest BCUT2D eigenvalue weighted by molar-refractivity contribution is 9.11. The SMILES string of the molecule is CCOCCCOc1c(Br)cc(CNC(C)(C)C)cc1Br. The zero-order chi connectivity index (χ0) is 15.9. The molecule has 0 aliphatic carbocycles. The molecule has 0 spiro atoms. The van der Waals surface area contributed by atoms with E-state index in [-0.39, 0.29) is 5.54 Å². The molecule has 0 amide bonds. The van der Waals surface area contributed by atoms with Crippen LogP contribution < -0.4 is 10.1 Å². The molecule has 0 aliphatic rings. The van der Waals surface area contributed by atoms with Gasteiger partial charge in [-0.15, -0.1) is 0 Å². The number of hydrogen-bond donors (Lipinski definition) is 1. The van der Waals surface area contributed by atoms with Crippen molar-refractivity contribution in [3.63, 3.8) is 0 Å². The van der Waals surface area contributed by atoms with Gasteiger partial charge in [-0.2, -0.15) is 0 Å². The predicted molar refractivity (Wildman–Crippen MR) is 95.0 cm³/mol. The molecule has 1 N–H and O–H groups in total. The van der Waals surface area contributed by atoms with Crippen LogP contribution in [0, 0.1) is 0 Å². The molecule has 1 aromatic carbocycles. The summed E-state index contributed by atoms with van der Waals surface area (Å²) in [6, 6.07) is 4.20. The first-order valence-electron chi connectivity index (χ1n) is 7.27. The van der Waals surface area contributed by atoms with Crippen LogP contribution in [0.25, 0.3) is 0 Å². The minimum absolute atomic E-state index is 0.105. The topological polar surface area (TPSA) is 30.5 Å². The molecular weight excluding hydrogens is 398 g/mol. The first-order chi connectivity index (χ1) is 9.83. The minimum atomic E-state index is 0.105. The molecule has 0 unspecified atom stereocenters. The van der Waals surface area contributed by atoms with E-state index in [0.29, 0.717) is 6.61 Å². The normalized spacial score (nSPS) is 11.7. The van der Waals surface area contributed by atoms with E-state index in [1.54, 1.807) is 0 Å².